The zero-order valence-electron chi connectivity index (χ0n) is 9.23. The number of nitrogens with one attached hydrogen (secondary N) is 1. The second-order valence-corrected chi connectivity index (χ2v) is 4.79. The minimum absolute atomic E-state index is 0.253. The molecule has 1 aliphatic carbocycles. The van der Waals surface area contributed by atoms with E-state index >= 15 is 0 Å². The van der Waals surface area contributed by atoms with Gasteiger partial charge < -0.3 is 4.74 Å². The van der Waals surface area contributed by atoms with Crippen molar-refractivity contribution in [2.75, 3.05) is 12.9 Å². The molecule has 0 bridgehead atoms. The van der Waals surface area contributed by atoms with E-state index in [1.54, 1.807) is 0 Å². The number of rotatable bonds is 4. The molecule has 88 valence electrons. The largest absolute Gasteiger partial charge is 0.468 e. The normalized spacial score (nSPS) is 16.6. The van der Waals surface area contributed by atoms with Crippen LogP contribution in [0.25, 0.3) is 0 Å². The summed E-state index contributed by atoms with van der Waals surface area (Å²) in [6, 6.07) is 0. The van der Waals surface area contributed by atoms with Gasteiger partial charge in [0.05, 0.1) is 12.9 Å². The molecule has 1 saturated carbocycles. The molecule has 1 aliphatic rings. The number of carbonyl (C=O) groups is 1. The lowest BCUT2D eigenvalue weighted by Gasteiger charge is -2.01. The molecule has 2 rings (SSSR count). The van der Waals surface area contributed by atoms with Crippen LogP contribution in [0.4, 0.5) is 0 Å². The maximum atomic E-state index is 10.9. The lowest BCUT2D eigenvalue weighted by Crippen LogP contribution is -2.03. The summed E-state index contributed by atoms with van der Waals surface area (Å²) in [5.74, 6) is 1.50. The first kappa shape index (κ1) is 11.4. The third-order valence-electron chi connectivity index (χ3n) is 2.77. The lowest BCUT2D eigenvalue weighted by molar-refractivity contribution is -0.137. The minimum Gasteiger partial charge on any atom is -0.468 e. The standard InChI is InChI=1S/C10H15N3O2S/c1-15-8(14)6-16-10-11-9(12-13-10)7-4-2-3-5-7/h7H,2-6H2,1H3,(H,11,12,13). The molecule has 1 N–H and O–H groups in total. The molecule has 1 fully saturated rings. The fourth-order valence-electron chi connectivity index (χ4n) is 1.89. The summed E-state index contributed by atoms with van der Waals surface area (Å²) >= 11 is 1.30. The third-order valence-corrected chi connectivity index (χ3v) is 3.59. The van der Waals surface area contributed by atoms with Gasteiger partial charge in [0.15, 0.2) is 0 Å². The molecule has 1 aromatic heterocycles. The van der Waals surface area contributed by atoms with Crippen LogP contribution in [0.2, 0.25) is 0 Å². The predicted octanol–water partition coefficient (Wildman–Crippen LogP) is 1.73. The number of nitrogens with zero attached hydrogens (tertiary/aromatic N) is 2. The maximum Gasteiger partial charge on any atom is 0.316 e. The Bertz CT molecular complexity index is 361. The van der Waals surface area contributed by atoms with Crippen molar-refractivity contribution in [3.05, 3.63) is 5.82 Å². The van der Waals surface area contributed by atoms with Crippen LogP contribution < -0.4 is 0 Å². The number of H-pyrrole nitrogens is 1. The van der Waals surface area contributed by atoms with Gasteiger partial charge in [0, 0.05) is 5.92 Å². The first-order chi connectivity index (χ1) is 7.79. The molecular weight excluding hydrogens is 226 g/mol. The molecular formula is C10H15N3O2S. The molecule has 1 aromatic rings. The minimum atomic E-state index is -0.253. The quantitative estimate of drug-likeness (QED) is 0.642. The van der Waals surface area contributed by atoms with Gasteiger partial charge in [0.1, 0.15) is 5.82 Å². The number of methoxy groups -OCH3 is 1. The van der Waals surface area contributed by atoms with Gasteiger partial charge in [-0.15, -0.1) is 5.10 Å². The number of hydrogen-bond donors (Lipinski definition) is 1. The molecule has 6 heteroatoms. The van der Waals surface area contributed by atoms with Gasteiger partial charge in [-0.1, -0.05) is 24.6 Å². The Morgan fingerprint density at radius 3 is 3.00 bits per heavy atom. The highest BCUT2D eigenvalue weighted by Crippen LogP contribution is 2.32. The highest BCUT2D eigenvalue weighted by atomic mass is 32.2. The van der Waals surface area contributed by atoms with E-state index in [0.717, 1.165) is 5.82 Å². The number of ether oxygens (including phenoxy) is 1. The summed E-state index contributed by atoms with van der Waals surface area (Å²) in [6.45, 7) is 0. The summed E-state index contributed by atoms with van der Waals surface area (Å²) in [5, 5.41) is 7.67. The van der Waals surface area contributed by atoms with Crippen LogP contribution in [0.15, 0.2) is 5.16 Å². The third kappa shape index (κ3) is 2.75. The molecule has 5 nitrogen and oxygen atoms in total. The van der Waals surface area contributed by atoms with Crippen molar-refractivity contribution in [1.82, 2.24) is 15.2 Å². The highest BCUT2D eigenvalue weighted by molar-refractivity contribution is 7.99. The highest BCUT2D eigenvalue weighted by Gasteiger charge is 2.20. The summed E-state index contributed by atoms with van der Waals surface area (Å²) < 4.78 is 4.55. The van der Waals surface area contributed by atoms with Gasteiger partial charge in [-0.3, -0.25) is 9.89 Å². The van der Waals surface area contributed by atoms with Crippen molar-refractivity contribution in [3.63, 3.8) is 0 Å². The Balaban J connectivity index is 1.89. The molecule has 0 atom stereocenters. The van der Waals surface area contributed by atoms with E-state index in [1.807, 2.05) is 0 Å². The Morgan fingerprint density at radius 1 is 1.56 bits per heavy atom. The summed E-state index contributed by atoms with van der Waals surface area (Å²) in [6.07, 6.45) is 4.93. The van der Waals surface area contributed by atoms with Crippen LogP contribution in [0.1, 0.15) is 37.4 Å². The first-order valence-electron chi connectivity index (χ1n) is 5.41. The molecule has 0 spiro atoms. The van der Waals surface area contributed by atoms with Crippen molar-refractivity contribution >= 4 is 17.7 Å². The predicted molar refractivity (Wildman–Crippen MR) is 60.3 cm³/mol. The van der Waals surface area contributed by atoms with Gasteiger partial charge in [0.25, 0.3) is 0 Å². The summed E-state index contributed by atoms with van der Waals surface area (Å²) in [5.41, 5.74) is 0. The SMILES string of the molecule is COC(=O)CSc1n[nH]c(C2CCCC2)n1. The number of thioether (sulfide) groups is 1. The molecule has 0 radical (unpaired) electrons. The van der Waals surface area contributed by atoms with Crippen molar-refractivity contribution in [2.45, 2.75) is 36.8 Å². The first-order valence-corrected chi connectivity index (χ1v) is 6.40. The second kappa shape index (κ2) is 5.34. The Morgan fingerprint density at radius 2 is 2.31 bits per heavy atom. The van der Waals surface area contributed by atoms with E-state index < -0.39 is 0 Å². The smallest absolute Gasteiger partial charge is 0.316 e. The van der Waals surface area contributed by atoms with Crippen LogP contribution in [-0.4, -0.2) is 34.0 Å². The molecule has 0 aliphatic heterocycles. The van der Waals surface area contributed by atoms with Crippen molar-refractivity contribution in [1.29, 1.82) is 0 Å². The number of hydrogen-bond acceptors (Lipinski definition) is 5. The van der Waals surface area contributed by atoms with Crippen molar-refractivity contribution in [3.8, 4) is 0 Å². The van der Waals surface area contributed by atoms with Crippen LogP contribution in [0.5, 0.6) is 0 Å². The lowest BCUT2D eigenvalue weighted by atomic mass is 10.1. The fraction of sp³-hybridized carbons (Fsp3) is 0.700. The van der Waals surface area contributed by atoms with E-state index in [1.165, 1.54) is 44.6 Å². The van der Waals surface area contributed by atoms with Crippen LogP contribution in [0.3, 0.4) is 0 Å². The Labute approximate surface area is 98.4 Å². The van der Waals surface area contributed by atoms with Gasteiger partial charge in [-0.2, -0.15) is 0 Å². The topological polar surface area (TPSA) is 67.9 Å². The van der Waals surface area contributed by atoms with Crippen LogP contribution in [-0.2, 0) is 9.53 Å². The van der Waals surface area contributed by atoms with Crippen LogP contribution >= 0.6 is 11.8 Å². The van der Waals surface area contributed by atoms with Crippen molar-refractivity contribution in [2.24, 2.45) is 0 Å². The van der Waals surface area contributed by atoms with E-state index in [9.17, 15) is 4.79 Å². The summed E-state index contributed by atoms with van der Waals surface area (Å²) in [7, 11) is 1.38. The summed E-state index contributed by atoms with van der Waals surface area (Å²) in [4.78, 5) is 15.3. The molecule has 1 heterocycles. The Hall–Kier alpha value is -1.04. The molecule has 16 heavy (non-hydrogen) atoms. The zero-order valence-corrected chi connectivity index (χ0v) is 10.0. The molecule has 0 unspecified atom stereocenters. The fourth-order valence-corrected chi connectivity index (χ4v) is 2.52. The monoisotopic (exact) mass is 241 g/mol. The van der Waals surface area contributed by atoms with E-state index in [4.69, 9.17) is 0 Å². The van der Waals surface area contributed by atoms with Gasteiger partial charge >= 0.3 is 5.97 Å². The average Bonchev–Trinajstić information content (AvgIpc) is 2.95. The molecule has 0 amide bonds. The molecule has 0 saturated heterocycles. The van der Waals surface area contributed by atoms with E-state index in [-0.39, 0.29) is 11.7 Å². The maximum absolute atomic E-state index is 10.9. The van der Waals surface area contributed by atoms with E-state index in [0.29, 0.717) is 11.1 Å². The average molecular weight is 241 g/mol. The van der Waals surface area contributed by atoms with Gasteiger partial charge in [-0.25, -0.2) is 4.98 Å². The zero-order chi connectivity index (χ0) is 11.4. The number of carbonyl (C=O) groups excluding carboxylic acids is 1. The second-order valence-electron chi connectivity index (χ2n) is 3.85. The number of aromatic amines is 1. The van der Waals surface area contributed by atoms with Crippen LogP contribution in [0, 0.1) is 0 Å². The van der Waals surface area contributed by atoms with E-state index in [2.05, 4.69) is 19.9 Å². The Kier molecular flexibility index (Phi) is 3.82. The van der Waals surface area contributed by atoms with Crippen molar-refractivity contribution < 1.29 is 9.53 Å². The van der Waals surface area contributed by atoms with Gasteiger partial charge in [0.2, 0.25) is 5.16 Å². The number of aromatic nitrogens is 3. The van der Waals surface area contributed by atoms with Gasteiger partial charge in [-0.05, 0) is 12.8 Å². The number of esters is 1. The molecule has 0 aromatic carbocycles.